The fourth-order valence-electron chi connectivity index (χ4n) is 8.57. The zero-order valence-corrected chi connectivity index (χ0v) is 27.4. The molecule has 0 amide bonds. The minimum absolute atomic E-state index is 0.989. The zero-order valence-electron chi connectivity index (χ0n) is 27.4. The van der Waals surface area contributed by atoms with Crippen molar-refractivity contribution in [3.8, 4) is 50.2 Å². The average molecular weight is 624 g/mol. The van der Waals surface area contributed by atoms with Gasteiger partial charge in [-0.25, -0.2) is 0 Å². The second kappa shape index (κ2) is 10.7. The smallest absolute Gasteiger partial charge is 0.0547 e. The topological polar surface area (TPSA) is 4.93 Å². The Hall–Kier alpha value is -6.18. The van der Waals surface area contributed by atoms with Crippen LogP contribution in [0.3, 0.4) is 0 Å². The minimum Gasteiger partial charge on any atom is -0.309 e. The molecule has 0 fully saturated rings. The van der Waals surface area contributed by atoms with Gasteiger partial charge in [-0.05, 0) is 121 Å². The van der Waals surface area contributed by atoms with Gasteiger partial charge in [-0.2, -0.15) is 0 Å². The molecule has 0 saturated heterocycles. The maximum absolute atomic E-state index is 3.36. The van der Waals surface area contributed by atoms with Crippen LogP contribution in [0.25, 0.3) is 93.5 Å². The molecule has 1 aromatic heterocycles. The van der Waals surface area contributed by atoms with Crippen molar-refractivity contribution in [3.63, 3.8) is 0 Å². The Morgan fingerprint density at radius 2 is 1.14 bits per heavy atom. The summed E-state index contributed by atoms with van der Waals surface area (Å²) in [5.41, 5.74) is 17.1. The van der Waals surface area contributed by atoms with Crippen molar-refractivity contribution < 1.29 is 0 Å². The molecule has 0 aliphatic heterocycles. The van der Waals surface area contributed by atoms with E-state index in [-0.39, 0.29) is 0 Å². The Kier molecular flexibility index (Phi) is 6.07. The van der Waals surface area contributed by atoms with Gasteiger partial charge in [-0.1, -0.05) is 127 Å². The van der Waals surface area contributed by atoms with Crippen LogP contribution in [0.5, 0.6) is 0 Å². The van der Waals surface area contributed by atoms with Crippen LogP contribution in [0, 0.1) is 0 Å². The summed E-state index contributed by atoms with van der Waals surface area (Å²) in [6.45, 7) is 5.25. The van der Waals surface area contributed by atoms with Crippen molar-refractivity contribution in [3.05, 3.63) is 175 Å². The number of rotatable bonds is 2. The molecule has 0 saturated carbocycles. The molecule has 11 rings (SSSR count). The van der Waals surface area contributed by atoms with Crippen LogP contribution in [-0.4, -0.2) is 4.57 Å². The zero-order chi connectivity index (χ0) is 32.6. The monoisotopic (exact) mass is 623 g/mol. The predicted octanol–water partition coefficient (Wildman–Crippen LogP) is 13.2. The predicted molar refractivity (Wildman–Crippen MR) is 210 cm³/mol. The van der Waals surface area contributed by atoms with Crippen LogP contribution in [0.4, 0.5) is 0 Å². The molecule has 49 heavy (non-hydrogen) atoms. The van der Waals surface area contributed by atoms with Crippen molar-refractivity contribution in [2.45, 2.75) is 13.3 Å². The molecule has 1 heterocycles. The van der Waals surface area contributed by atoms with Gasteiger partial charge in [0.25, 0.3) is 0 Å². The molecule has 0 radical (unpaired) electrons. The molecule has 0 spiro atoms. The summed E-state index contributed by atoms with van der Waals surface area (Å²) in [6.07, 6.45) is 2.74. The van der Waals surface area contributed by atoms with E-state index >= 15 is 0 Å². The van der Waals surface area contributed by atoms with Crippen molar-refractivity contribution in [2.75, 3.05) is 0 Å². The van der Waals surface area contributed by atoms with Gasteiger partial charge in [0, 0.05) is 16.5 Å². The Balaban J connectivity index is 0.000000987. The lowest BCUT2D eigenvalue weighted by molar-refractivity contribution is 1.18. The van der Waals surface area contributed by atoms with Crippen LogP contribution < -0.4 is 0 Å². The molecule has 0 unspecified atom stereocenters. The number of benzene rings is 8. The van der Waals surface area contributed by atoms with E-state index in [1.54, 1.807) is 6.08 Å². The summed E-state index contributed by atoms with van der Waals surface area (Å²) in [4.78, 5) is 0. The van der Waals surface area contributed by atoms with Gasteiger partial charge in [-0.3, -0.25) is 0 Å². The van der Waals surface area contributed by atoms with Gasteiger partial charge >= 0.3 is 0 Å². The fraction of sp³-hybridized carbons (Fsp3) is 0.0417. The van der Waals surface area contributed by atoms with E-state index in [9.17, 15) is 0 Å². The molecule has 0 bridgehead atoms. The lowest BCUT2D eigenvalue weighted by atomic mass is 9.94. The largest absolute Gasteiger partial charge is 0.309 e. The summed E-state index contributed by atoms with van der Waals surface area (Å²) in [5, 5.41) is 7.92. The highest BCUT2D eigenvalue weighted by Gasteiger charge is 2.24. The van der Waals surface area contributed by atoms with Crippen molar-refractivity contribution in [2.24, 2.45) is 0 Å². The third kappa shape index (κ3) is 4.00. The molecular weight excluding hydrogens is 591 g/mol. The quantitative estimate of drug-likeness (QED) is 0.169. The van der Waals surface area contributed by atoms with Crippen molar-refractivity contribution >= 4 is 43.4 Å². The van der Waals surface area contributed by atoms with E-state index in [1.165, 1.54) is 105 Å². The van der Waals surface area contributed by atoms with E-state index in [0.717, 1.165) is 6.42 Å². The molecule has 230 valence electrons. The van der Waals surface area contributed by atoms with E-state index in [0.29, 0.717) is 0 Å². The molecule has 2 aliphatic rings. The Labute approximate surface area is 286 Å². The first-order chi connectivity index (χ1) is 24.2. The highest BCUT2D eigenvalue weighted by Crippen LogP contribution is 2.49. The van der Waals surface area contributed by atoms with E-state index in [1.807, 2.05) is 6.92 Å². The molecule has 9 aromatic rings. The number of aromatic nitrogens is 1. The molecule has 0 atom stereocenters. The van der Waals surface area contributed by atoms with E-state index in [4.69, 9.17) is 0 Å². The molecule has 8 aromatic carbocycles. The number of fused-ring (bicyclic) bond motifs is 11. The van der Waals surface area contributed by atoms with Gasteiger partial charge in [0.2, 0.25) is 0 Å². The second-order valence-corrected chi connectivity index (χ2v) is 13.3. The third-order valence-corrected chi connectivity index (χ3v) is 10.5. The summed E-state index contributed by atoms with van der Waals surface area (Å²) in [7, 11) is 0. The molecule has 0 N–H and O–H groups in total. The second-order valence-electron chi connectivity index (χ2n) is 13.3. The van der Waals surface area contributed by atoms with Crippen LogP contribution in [0.1, 0.15) is 18.1 Å². The summed E-state index contributed by atoms with van der Waals surface area (Å²) >= 11 is 0. The van der Waals surface area contributed by atoms with Gasteiger partial charge in [0.05, 0.1) is 11.0 Å². The first kappa shape index (κ1) is 27.9. The first-order valence-electron chi connectivity index (χ1n) is 17.1. The maximum atomic E-state index is 3.36. The Morgan fingerprint density at radius 3 is 2.00 bits per heavy atom. The van der Waals surface area contributed by atoms with E-state index in [2.05, 4.69) is 163 Å². The van der Waals surface area contributed by atoms with Crippen LogP contribution >= 0.6 is 0 Å². The Morgan fingerprint density at radius 1 is 0.469 bits per heavy atom. The number of allylic oxidation sites excluding steroid dienone is 1. The van der Waals surface area contributed by atoms with Crippen molar-refractivity contribution in [1.29, 1.82) is 0 Å². The van der Waals surface area contributed by atoms with Crippen LogP contribution in [-0.2, 0) is 6.42 Å². The first-order valence-corrected chi connectivity index (χ1v) is 17.1. The lowest BCUT2D eigenvalue weighted by Gasteiger charge is -2.13. The highest BCUT2D eigenvalue weighted by molar-refractivity contribution is 6.22. The number of hydrogen-bond acceptors (Lipinski definition) is 0. The number of hydrogen-bond donors (Lipinski definition) is 0. The minimum atomic E-state index is 0.989. The molecule has 1 heteroatoms. The average Bonchev–Trinajstić information content (AvgIpc) is 3.79. The van der Waals surface area contributed by atoms with Crippen molar-refractivity contribution in [1.82, 2.24) is 4.57 Å². The summed E-state index contributed by atoms with van der Waals surface area (Å²) < 4.78 is 2.50. The fourth-order valence-corrected chi connectivity index (χ4v) is 8.57. The van der Waals surface area contributed by atoms with Gasteiger partial charge in [0.15, 0.2) is 0 Å². The molecule has 1 nitrogen and oxygen atoms in total. The summed E-state index contributed by atoms with van der Waals surface area (Å²) in [6, 6.07) is 56.6. The van der Waals surface area contributed by atoms with Gasteiger partial charge in [0.1, 0.15) is 0 Å². The SMILES string of the molecule is C=CC.c1cc(-c2ccc3c4c(cccc24)-c2ccccc2-3)cc(-n2c3cc4c(cc3c3c5ccccc5ccc32)Cc2ccccc2-4)c1. The Bertz CT molecular complexity index is 2800. The maximum Gasteiger partial charge on any atom is 0.0547 e. The standard InChI is InChI=1S/C45H27N.C3H6/c1-4-14-34-27(9-1)19-22-42-45(34)41-25-30-23-28-10-2-3-13-32(28)40(30)26-43(41)46(42)31-12-7-11-29(24-31)33-20-21-39-36-16-6-5-15-35(36)38-18-8-17-37(33)44(38)39;1-3-2/h1-22,24-26H,23H2;3H,1H2,2H3. The van der Waals surface area contributed by atoms with E-state index < -0.39 is 0 Å². The number of nitrogens with zero attached hydrogens (tertiary/aromatic N) is 1. The summed E-state index contributed by atoms with van der Waals surface area (Å²) in [5.74, 6) is 0. The van der Waals surface area contributed by atoms with Crippen LogP contribution in [0.2, 0.25) is 0 Å². The third-order valence-electron chi connectivity index (χ3n) is 10.5. The lowest BCUT2D eigenvalue weighted by Crippen LogP contribution is -1.95. The molecular formula is C48H33N. The normalized spacial score (nSPS) is 12.2. The molecule has 2 aliphatic carbocycles. The highest BCUT2D eigenvalue weighted by atomic mass is 15.0. The van der Waals surface area contributed by atoms with Gasteiger partial charge < -0.3 is 4.57 Å². The van der Waals surface area contributed by atoms with Crippen LogP contribution in [0.15, 0.2) is 164 Å². The van der Waals surface area contributed by atoms with Gasteiger partial charge in [-0.15, -0.1) is 6.58 Å².